The number of sulfonamides is 1. The lowest BCUT2D eigenvalue weighted by Gasteiger charge is -2.30. The number of nitrogens with one attached hydrogen (secondary N) is 1. The van der Waals surface area contributed by atoms with Gasteiger partial charge in [0.1, 0.15) is 11.6 Å². The molecule has 0 saturated carbocycles. The Morgan fingerprint density at radius 3 is 2.38 bits per heavy atom. The van der Waals surface area contributed by atoms with Crippen molar-refractivity contribution < 1.29 is 22.3 Å². The maximum atomic E-state index is 13.0. The first-order chi connectivity index (χ1) is 14.0. The molecule has 1 saturated heterocycles. The van der Waals surface area contributed by atoms with Crippen LogP contribution in [0.1, 0.15) is 19.3 Å². The highest BCUT2D eigenvalue weighted by Crippen LogP contribution is 2.24. The standard InChI is InChI=1S/C21H25FN2O4S/c22-18-7-9-20(10-8-18)29(26,27)24-14-11-17(12-15-24)21(25)23-13-4-16-28-19-5-2-1-3-6-19/h1-3,5-10,17H,4,11-16H2,(H,23,25). The van der Waals surface area contributed by atoms with Gasteiger partial charge in [-0.2, -0.15) is 4.31 Å². The zero-order valence-electron chi connectivity index (χ0n) is 16.1. The van der Waals surface area contributed by atoms with Gasteiger partial charge in [-0.3, -0.25) is 4.79 Å². The first-order valence-corrected chi connectivity index (χ1v) is 11.1. The van der Waals surface area contributed by atoms with Crippen LogP contribution in [0, 0.1) is 11.7 Å². The van der Waals surface area contributed by atoms with E-state index in [0.29, 0.717) is 32.4 Å². The van der Waals surface area contributed by atoms with Crippen molar-refractivity contribution in [1.29, 1.82) is 0 Å². The molecule has 8 heteroatoms. The maximum Gasteiger partial charge on any atom is 0.243 e. The van der Waals surface area contributed by atoms with Crippen molar-refractivity contribution in [2.24, 2.45) is 5.92 Å². The van der Waals surface area contributed by atoms with E-state index in [1.54, 1.807) is 0 Å². The second-order valence-corrected chi connectivity index (χ2v) is 8.88. The second kappa shape index (κ2) is 9.84. The first kappa shape index (κ1) is 21.3. The Morgan fingerprint density at radius 2 is 1.72 bits per heavy atom. The highest BCUT2D eigenvalue weighted by atomic mass is 32.2. The Hall–Kier alpha value is -2.45. The lowest BCUT2D eigenvalue weighted by Crippen LogP contribution is -2.43. The Balaban J connectivity index is 1.39. The van der Waals surface area contributed by atoms with Crippen LogP contribution >= 0.6 is 0 Å². The molecule has 29 heavy (non-hydrogen) atoms. The summed E-state index contributed by atoms with van der Waals surface area (Å²) in [5, 5.41) is 2.90. The molecular weight excluding hydrogens is 395 g/mol. The summed E-state index contributed by atoms with van der Waals surface area (Å²) in [5.74, 6) is 0.0651. The van der Waals surface area contributed by atoms with Gasteiger partial charge in [0, 0.05) is 25.6 Å². The van der Waals surface area contributed by atoms with Crippen LogP contribution in [0.3, 0.4) is 0 Å². The molecule has 3 rings (SSSR count). The molecule has 1 N–H and O–H groups in total. The zero-order chi connectivity index (χ0) is 20.7. The summed E-state index contributed by atoms with van der Waals surface area (Å²) in [6.45, 7) is 1.57. The molecule has 0 bridgehead atoms. The van der Waals surface area contributed by atoms with Crippen molar-refractivity contribution in [2.45, 2.75) is 24.2 Å². The van der Waals surface area contributed by atoms with E-state index in [9.17, 15) is 17.6 Å². The summed E-state index contributed by atoms with van der Waals surface area (Å²) in [4.78, 5) is 12.4. The van der Waals surface area contributed by atoms with Crippen molar-refractivity contribution in [3.8, 4) is 5.75 Å². The fraction of sp³-hybridized carbons (Fsp3) is 0.381. The second-order valence-electron chi connectivity index (χ2n) is 6.94. The van der Waals surface area contributed by atoms with E-state index in [-0.39, 0.29) is 29.8 Å². The number of rotatable bonds is 8. The number of carbonyl (C=O) groups excluding carboxylic acids is 1. The molecule has 1 heterocycles. The summed E-state index contributed by atoms with van der Waals surface area (Å²) in [5.41, 5.74) is 0. The van der Waals surface area contributed by atoms with E-state index in [0.717, 1.165) is 17.9 Å². The number of piperidine rings is 1. The molecule has 6 nitrogen and oxygen atoms in total. The van der Waals surface area contributed by atoms with Crippen molar-refractivity contribution >= 4 is 15.9 Å². The van der Waals surface area contributed by atoms with Crippen LogP contribution in [-0.4, -0.2) is 44.9 Å². The van der Waals surface area contributed by atoms with Crippen LogP contribution in [0.5, 0.6) is 5.75 Å². The van der Waals surface area contributed by atoms with Crippen LogP contribution < -0.4 is 10.1 Å². The van der Waals surface area contributed by atoms with Gasteiger partial charge in [0.2, 0.25) is 15.9 Å². The monoisotopic (exact) mass is 420 g/mol. The highest BCUT2D eigenvalue weighted by molar-refractivity contribution is 7.89. The predicted octanol–water partition coefficient (Wildman–Crippen LogP) is 2.81. The quantitative estimate of drug-likeness (QED) is 0.667. The molecule has 2 aromatic carbocycles. The number of nitrogens with zero attached hydrogens (tertiary/aromatic N) is 1. The van der Waals surface area contributed by atoms with Gasteiger partial charge in [-0.1, -0.05) is 18.2 Å². The molecule has 0 unspecified atom stereocenters. The minimum Gasteiger partial charge on any atom is -0.494 e. The van der Waals surface area contributed by atoms with Crippen LogP contribution in [0.15, 0.2) is 59.5 Å². The van der Waals surface area contributed by atoms with E-state index in [1.165, 1.54) is 16.4 Å². The van der Waals surface area contributed by atoms with Crippen LogP contribution in [-0.2, 0) is 14.8 Å². The van der Waals surface area contributed by atoms with Crippen LogP contribution in [0.4, 0.5) is 4.39 Å². The van der Waals surface area contributed by atoms with E-state index >= 15 is 0 Å². The first-order valence-electron chi connectivity index (χ1n) is 9.68. The van der Waals surface area contributed by atoms with Gasteiger partial charge in [0.25, 0.3) is 0 Å². The van der Waals surface area contributed by atoms with Crippen molar-refractivity contribution in [3.63, 3.8) is 0 Å². The molecule has 0 aromatic heterocycles. The molecule has 0 spiro atoms. The topological polar surface area (TPSA) is 75.7 Å². The van der Waals surface area contributed by atoms with E-state index < -0.39 is 15.8 Å². The molecule has 2 aromatic rings. The lowest BCUT2D eigenvalue weighted by atomic mass is 9.97. The van der Waals surface area contributed by atoms with Crippen molar-refractivity contribution in [2.75, 3.05) is 26.2 Å². The van der Waals surface area contributed by atoms with Gasteiger partial charge < -0.3 is 10.1 Å². The fourth-order valence-corrected chi connectivity index (χ4v) is 4.72. The zero-order valence-corrected chi connectivity index (χ0v) is 16.9. The Labute approximate surface area is 170 Å². The minimum absolute atomic E-state index is 0.0523. The Morgan fingerprint density at radius 1 is 1.07 bits per heavy atom. The molecule has 0 atom stereocenters. The minimum atomic E-state index is -3.66. The number of amides is 1. The number of para-hydroxylation sites is 1. The lowest BCUT2D eigenvalue weighted by molar-refractivity contribution is -0.126. The summed E-state index contributed by atoms with van der Waals surface area (Å²) in [6, 6.07) is 14.3. The number of hydrogen-bond acceptors (Lipinski definition) is 4. The van der Waals surface area contributed by atoms with Gasteiger partial charge in [0.05, 0.1) is 11.5 Å². The van der Waals surface area contributed by atoms with Gasteiger partial charge in [0.15, 0.2) is 0 Å². The highest BCUT2D eigenvalue weighted by Gasteiger charge is 2.31. The average Bonchev–Trinajstić information content (AvgIpc) is 2.74. The normalized spacial score (nSPS) is 15.8. The molecule has 1 aliphatic rings. The van der Waals surface area contributed by atoms with Crippen molar-refractivity contribution in [1.82, 2.24) is 9.62 Å². The Bertz CT molecular complexity index is 896. The average molecular weight is 421 g/mol. The molecule has 1 aliphatic heterocycles. The molecule has 0 aliphatic carbocycles. The van der Waals surface area contributed by atoms with Gasteiger partial charge in [-0.25, -0.2) is 12.8 Å². The van der Waals surface area contributed by atoms with Gasteiger partial charge in [-0.15, -0.1) is 0 Å². The van der Waals surface area contributed by atoms with Gasteiger partial charge >= 0.3 is 0 Å². The third-order valence-corrected chi connectivity index (χ3v) is 6.82. The van der Waals surface area contributed by atoms with E-state index in [1.807, 2.05) is 30.3 Å². The van der Waals surface area contributed by atoms with Crippen molar-refractivity contribution in [3.05, 3.63) is 60.4 Å². The summed E-state index contributed by atoms with van der Waals surface area (Å²) in [6.07, 6.45) is 1.62. The number of benzene rings is 2. The molecule has 1 fully saturated rings. The number of hydrogen-bond donors (Lipinski definition) is 1. The maximum absolute atomic E-state index is 13.0. The third-order valence-electron chi connectivity index (χ3n) is 4.91. The van der Waals surface area contributed by atoms with E-state index in [2.05, 4.69) is 5.32 Å². The number of halogens is 1. The fourth-order valence-electron chi connectivity index (χ4n) is 3.25. The predicted molar refractivity (Wildman–Crippen MR) is 107 cm³/mol. The summed E-state index contributed by atoms with van der Waals surface area (Å²) >= 11 is 0. The molecule has 156 valence electrons. The number of ether oxygens (including phenoxy) is 1. The van der Waals surface area contributed by atoms with E-state index in [4.69, 9.17) is 4.74 Å². The smallest absolute Gasteiger partial charge is 0.243 e. The SMILES string of the molecule is O=C(NCCCOc1ccccc1)C1CCN(S(=O)(=O)c2ccc(F)cc2)CC1. The van der Waals surface area contributed by atoms with Gasteiger partial charge in [-0.05, 0) is 55.7 Å². The Kier molecular flexibility index (Phi) is 7.22. The number of carbonyl (C=O) groups is 1. The van der Waals surface area contributed by atoms with Crippen LogP contribution in [0.25, 0.3) is 0 Å². The molecular formula is C21H25FN2O4S. The summed E-state index contributed by atoms with van der Waals surface area (Å²) in [7, 11) is -3.66. The summed E-state index contributed by atoms with van der Waals surface area (Å²) < 4.78 is 45.2. The third kappa shape index (κ3) is 5.77. The largest absolute Gasteiger partial charge is 0.494 e. The van der Waals surface area contributed by atoms with Crippen LogP contribution in [0.2, 0.25) is 0 Å². The molecule has 0 radical (unpaired) electrons. The molecule has 1 amide bonds.